The molecule has 2 aliphatic carbocycles. The first kappa shape index (κ1) is 16.3. The molecule has 2 saturated carbocycles. The van der Waals surface area contributed by atoms with Gasteiger partial charge in [-0.05, 0) is 71.1 Å². The second-order valence-corrected chi connectivity index (χ2v) is 8.06. The van der Waals surface area contributed by atoms with Gasteiger partial charge in [0, 0.05) is 18.6 Å². The maximum absolute atomic E-state index is 5.91. The lowest BCUT2D eigenvalue weighted by molar-refractivity contribution is -0.0888. The molecule has 0 unspecified atom stereocenters. The minimum absolute atomic E-state index is 0.381. The van der Waals surface area contributed by atoms with Crippen molar-refractivity contribution < 1.29 is 4.74 Å². The third kappa shape index (κ3) is 3.98. The fraction of sp³-hybridized carbons (Fsp3) is 1.00. The van der Waals surface area contributed by atoms with Crippen LogP contribution in [0.2, 0.25) is 0 Å². The molecule has 118 valence electrons. The first-order valence-electron chi connectivity index (χ1n) is 8.78. The van der Waals surface area contributed by atoms with Crippen LogP contribution in [0, 0.1) is 17.8 Å². The number of rotatable bonds is 7. The summed E-state index contributed by atoms with van der Waals surface area (Å²) >= 11 is 0. The molecule has 0 saturated heterocycles. The molecule has 0 radical (unpaired) electrons. The molecular weight excluding hydrogens is 246 g/mol. The van der Waals surface area contributed by atoms with Gasteiger partial charge in [-0.3, -0.25) is 4.90 Å². The molecule has 0 atom stereocenters. The molecule has 2 fully saturated rings. The largest absolute Gasteiger partial charge is 0.375 e. The lowest BCUT2D eigenvalue weighted by Gasteiger charge is -2.49. The Morgan fingerprint density at radius 3 is 2.00 bits per heavy atom. The van der Waals surface area contributed by atoms with Gasteiger partial charge >= 0.3 is 0 Å². The first-order valence-corrected chi connectivity index (χ1v) is 8.78. The molecule has 0 aromatic carbocycles. The van der Waals surface area contributed by atoms with E-state index in [-0.39, 0.29) is 0 Å². The molecule has 0 aliphatic heterocycles. The van der Waals surface area contributed by atoms with Crippen LogP contribution in [0.1, 0.15) is 67.2 Å². The second kappa shape index (κ2) is 6.79. The van der Waals surface area contributed by atoms with Gasteiger partial charge in [0.25, 0.3) is 0 Å². The van der Waals surface area contributed by atoms with E-state index in [0.29, 0.717) is 18.2 Å². The molecule has 0 bridgehead atoms. The van der Waals surface area contributed by atoms with Crippen molar-refractivity contribution in [1.29, 1.82) is 0 Å². The third-order valence-electron chi connectivity index (χ3n) is 5.35. The predicted molar refractivity (Wildman–Crippen MR) is 85.9 cm³/mol. The molecule has 0 aromatic heterocycles. The fourth-order valence-corrected chi connectivity index (χ4v) is 3.87. The van der Waals surface area contributed by atoms with Gasteiger partial charge in [-0.25, -0.2) is 0 Å². The zero-order valence-corrected chi connectivity index (χ0v) is 14.4. The van der Waals surface area contributed by atoms with Crippen LogP contribution in [0.5, 0.6) is 0 Å². The van der Waals surface area contributed by atoms with Crippen molar-refractivity contribution in [3.8, 4) is 0 Å². The molecule has 2 aliphatic rings. The number of ether oxygens (including phenoxy) is 1. The van der Waals surface area contributed by atoms with Gasteiger partial charge in [-0.2, -0.15) is 0 Å². The Morgan fingerprint density at radius 1 is 0.950 bits per heavy atom. The first-order chi connectivity index (χ1) is 9.36. The van der Waals surface area contributed by atoms with E-state index >= 15 is 0 Å². The number of hydrogen-bond donors (Lipinski definition) is 0. The summed E-state index contributed by atoms with van der Waals surface area (Å²) in [4.78, 5) is 2.75. The number of hydrogen-bond acceptors (Lipinski definition) is 2. The van der Waals surface area contributed by atoms with Crippen molar-refractivity contribution in [1.82, 2.24) is 4.90 Å². The monoisotopic (exact) mass is 281 g/mol. The average molecular weight is 281 g/mol. The van der Waals surface area contributed by atoms with Crippen LogP contribution in [0.25, 0.3) is 0 Å². The Hall–Kier alpha value is -0.0800. The Bertz CT molecular complexity index is 288. The molecule has 0 spiro atoms. The van der Waals surface area contributed by atoms with Crippen molar-refractivity contribution in [3.05, 3.63) is 0 Å². The van der Waals surface area contributed by atoms with Crippen molar-refractivity contribution in [2.45, 2.75) is 91.5 Å². The van der Waals surface area contributed by atoms with Gasteiger partial charge in [0.15, 0.2) is 0 Å². The Morgan fingerprint density at radius 2 is 1.55 bits per heavy atom. The van der Waals surface area contributed by atoms with E-state index < -0.39 is 0 Å². The summed E-state index contributed by atoms with van der Waals surface area (Å²) in [6.07, 6.45) is 6.31. The topological polar surface area (TPSA) is 12.5 Å². The predicted octanol–water partition coefficient (Wildman–Crippen LogP) is 4.34. The SMILES string of the molecule is CC(C)OC1CC(N(CC2CC(C(C)C)C2)C(C)C)C1. The highest BCUT2D eigenvalue weighted by molar-refractivity contribution is 4.92. The highest BCUT2D eigenvalue weighted by atomic mass is 16.5. The van der Waals surface area contributed by atoms with Crippen molar-refractivity contribution in [3.63, 3.8) is 0 Å². The summed E-state index contributed by atoms with van der Waals surface area (Å²) in [5, 5.41) is 0. The highest BCUT2D eigenvalue weighted by Gasteiger charge is 2.39. The smallest absolute Gasteiger partial charge is 0.0608 e. The van der Waals surface area contributed by atoms with E-state index in [4.69, 9.17) is 4.74 Å². The highest BCUT2D eigenvalue weighted by Crippen LogP contribution is 2.41. The Labute approximate surface area is 126 Å². The molecule has 2 rings (SSSR count). The van der Waals surface area contributed by atoms with E-state index in [1.807, 2.05) is 0 Å². The molecule has 0 heterocycles. The van der Waals surface area contributed by atoms with Crippen molar-refractivity contribution in [2.24, 2.45) is 17.8 Å². The number of nitrogens with zero attached hydrogens (tertiary/aromatic N) is 1. The summed E-state index contributed by atoms with van der Waals surface area (Å²) in [5.41, 5.74) is 0. The van der Waals surface area contributed by atoms with Crippen LogP contribution in [0.4, 0.5) is 0 Å². The molecule has 2 heteroatoms. The maximum Gasteiger partial charge on any atom is 0.0608 e. The molecule has 20 heavy (non-hydrogen) atoms. The van der Waals surface area contributed by atoms with Crippen LogP contribution < -0.4 is 0 Å². The lowest BCUT2D eigenvalue weighted by Crippen LogP contribution is -2.53. The van der Waals surface area contributed by atoms with Crippen LogP contribution in [0.15, 0.2) is 0 Å². The lowest BCUT2D eigenvalue weighted by atomic mass is 9.69. The van der Waals surface area contributed by atoms with Gasteiger partial charge in [0.2, 0.25) is 0 Å². The summed E-state index contributed by atoms with van der Waals surface area (Å²) in [7, 11) is 0. The fourth-order valence-electron chi connectivity index (χ4n) is 3.87. The van der Waals surface area contributed by atoms with Crippen LogP contribution >= 0.6 is 0 Å². The summed E-state index contributed by atoms with van der Waals surface area (Å²) < 4.78 is 5.91. The molecule has 0 amide bonds. The van der Waals surface area contributed by atoms with E-state index in [0.717, 1.165) is 23.8 Å². The summed E-state index contributed by atoms with van der Waals surface area (Å²) in [6.45, 7) is 15.1. The van der Waals surface area contributed by atoms with Gasteiger partial charge in [0.05, 0.1) is 12.2 Å². The van der Waals surface area contributed by atoms with Gasteiger partial charge < -0.3 is 4.74 Å². The van der Waals surface area contributed by atoms with E-state index in [1.165, 1.54) is 32.2 Å². The zero-order chi connectivity index (χ0) is 14.9. The van der Waals surface area contributed by atoms with Gasteiger partial charge in [-0.15, -0.1) is 0 Å². The van der Waals surface area contributed by atoms with Gasteiger partial charge in [-0.1, -0.05) is 13.8 Å². The molecule has 0 aromatic rings. The van der Waals surface area contributed by atoms with Crippen LogP contribution in [-0.4, -0.2) is 35.7 Å². The third-order valence-corrected chi connectivity index (χ3v) is 5.35. The zero-order valence-electron chi connectivity index (χ0n) is 14.4. The molecule has 2 nitrogen and oxygen atoms in total. The normalized spacial score (nSPS) is 33.9. The van der Waals surface area contributed by atoms with Crippen molar-refractivity contribution >= 4 is 0 Å². The molecular formula is C18H35NO. The molecule has 0 N–H and O–H groups in total. The summed E-state index contributed by atoms with van der Waals surface area (Å²) in [5.74, 6) is 2.83. The Kier molecular flexibility index (Phi) is 5.53. The van der Waals surface area contributed by atoms with Crippen LogP contribution in [0.3, 0.4) is 0 Å². The van der Waals surface area contributed by atoms with Gasteiger partial charge in [0.1, 0.15) is 0 Å². The average Bonchev–Trinajstić information content (AvgIpc) is 2.21. The minimum atomic E-state index is 0.381. The maximum atomic E-state index is 5.91. The second-order valence-electron chi connectivity index (χ2n) is 8.06. The van der Waals surface area contributed by atoms with E-state index in [1.54, 1.807) is 0 Å². The standard InChI is InChI=1S/C18H35NO/c1-12(2)16-7-15(8-16)11-19(13(3)4)17-9-18(10-17)20-14(5)6/h12-18H,7-11H2,1-6H3. The quantitative estimate of drug-likeness (QED) is 0.688. The van der Waals surface area contributed by atoms with E-state index in [2.05, 4.69) is 46.4 Å². The minimum Gasteiger partial charge on any atom is -0.375 e. The van der Waals surface area contributed by atoms with Crippen molar-refractivity contribution in [2.75, 3.05) is 6.54 Å². The summed E-state index contributed by atoms with van der Waals surface area (Å²) in [6, 6.07) is 1.45. The van der Waals surface area contributed by atoms with E-state index in [9.17, 15) is 0 Å². The Balaban J connectivity index is 1.73. The van der Waals surface area contributed by atoms with Crippen LogP contribution in [-0.2, 0) is 4.74 Å².